The molecule has 4 nitrogen and oxygen atoms in total. The van der Waals surface area contributed by atoms with Crippen LogP contribution in [-0.2, 0) is 13.1 Å². The Morgan fingerprint density at radius 2 is 1.79 bits per heavy atom. The van der Waals surface area contributed by atoms with Gasteiger partial charge < -0.3 is 19.5 Å². The van der Waals surface area contributed by atoms with Crippen molar-refractivity contribution in [2.45, 2.75) is 20.0 Å². The molecule has 0 radical (unpaired) electrons. The maximum atomic E-state index is 5.60. The van der Waals surface area contributed by atoms with E-state index in [4.69, 9.17) is 17.0 Å². The lowest BCUT2D eigenvalue weighted by Gasteiger charge is -2.21. The number of fused-ring (bicyclic) bond motifs is 3. The summed E-state index contributed by atoms with van der Waals surface area (Å²) in [5, 5.41) is 6.55. The minimum absolute atomic E-state index is 0.675. The Hall–Kier alpha value is -3.05. The Kier molecular flexibility index (Phi) is 5.41. The fraction of sp³-hybridized carbons (Fsp3) is 0.208. The molecule has 0 aliphatic carbocycles. The number of aromatic nitrogens is 1. The van der Waals surface area contributed by atoms with Crippen LogP contribution in [0, 0.1) is 0 Å². The highest BCUT2D eigenvalue weighted by atomic mass is 32.1. The number of para-hydroxylation sites is 1. The summed E-state index contributed by atoms with van der Waals surface area (Å²) in [6.07, 6.45) is 0. The molecule has 1 heterocycles. The van der Waals surface area contributed by atoms with Crippen molar-refractivity contribution in [2.24, 2.45) is 0 Å². The van der Waals surface area contributed by atoms with E-state index in [0.29, 0.717) is 5.11 Å². The highest BCUT2D eigenvalue weighted by Crippen LogP contribution is 2.30. The van der Waals surface area contributed by atoms with Gasteiger partial charge in [-0.25, -0.2) is 0 Å². The number of rotatable bonds is 5. The van der Waals surface area contributed by atoms with Crippen molar-refractivity contribution in [2.75, 3.05) is 19.5 Å². The van der Waals surface area contributed by atoms with Gasteiger partial charge in [0.05, 0.1) is 7.11 Å². The molecule has 0 amide bonds. The van der Waals surface area contributed by atoms with Crippen LogP contribution in [-0.4, -0.2) is 28.7 Å². The van der Waals surface area contributed by atoms with E-state index < -0.39 is 0 Å². The summed E-state index contributed by atoms with van der Waals surface area (Å²) in [7, 11) is 3.67. The smallest absolute Gasteiger partial charge is 0.173 e. The average molecular weight is 404 g/mol. The van der Waals surface area contributed by atoms with Crippen LogP contribution in [0.15, 0.2) is 66.7 Å². The second-order valence-electron chi connectivity index (χ2n) is 7.13. The molecule has 0 bridgehead atoms. The first-order valence-corrected chi connectivity index (χ1v) is 10.2. The van der Waals surface area contributed by atoms with E-state index in [1.165, 1.54) is 27.4 Å². The number of hydrogen-bond donors (Lipinski definition) is 1. The number of hydrogen-bond acceptors (Lipinski definition) is 2. The number of ether oxygens (including phenoxy) is 1. The third-order valence-corrected chi connectivity index (χ3v) is 5.65. The number of anilines is 1. The van der Waals surface area contributed by atoms with Crippen molar-refractivity contribution in [3.05, 3.63) is 72.3 Å². The molecule has 148 valence electrons. The molecular formula is C24H25N3OS. The lowest BCUT2D eigenvalue weighted by atomic mass is 10.1. The standard InChI is InChI=1S/C24H25N3OS/c1-4-27-22-11-6-5-10-20(22)21-14-17(12-13-23(21)27)16-26(2)24(29)25-18-8-7-9-19(15-18)28-3/h5-15H,4,16H2,1-3H3,(H,25,29). The molecule has 1 aromatic heterocycles. The topological polar surface area (TPSA) is 29.4 Å². The molecule has 0 unspecified atom stereocenters. The summed E-state index contributed by atoms with van der Waals surface area (Å²) < 4.78 is 7.65. The van der Waals surface area contributed by atoms with Crippen LogP contribution in [0.3, 0.4) is 0 Å². The maximum absolute atomic E-state index is 5.60. The van der Waals surface area contributed by atoms with E-state index in [1.807, 2.05) is 31.3 Å². The number of benzene rings is 3. The van der Waals surface area contributed by atoms with Crippen LogP contribution in [0.2, 0.25) is 0 Å². The van der Waals surface area contributed by atoms with E-state index in [0.717, 1.165) is 24.5 Å². The Morgan fingerprint density at radius 1 is 1.00 bits per heavy atom. The number of thiocarbonyl (C=S) groups is 1. The monoisotopic (exact) mass is 403 g/mol. The maximum Gasteiger partial charge on any atom is 0.173 e. The summed E-state index contributed by atoms with van der Waals surface area (Å²) >= 11 is 5.60. The van der Waals surface area contributed by atoms with Crippen molar-refractivity contribution in [1.82, 2.24) is 9.47 Å². The normalized spacial score (nSPS) is 11.0. The zero-order valence-corrected chi connectivity index (χ0v) is 17.8. The molecule has 0 aliphatic heterocycles. The Labute approximate surface area is 176 Å². The van der Waals surface area contributed by atoms with Gasteiger partial charge in [-0.2, -0.15) is 0 Å². The van der Waals surface area contributed by atoms with Crippen LogP contribution in [0.1, 0.15) is 12.5 Å². The zero-order valence-electron chi connectivity index (χ0n) is 17.0. The summed E-state index contributed by atoms with van der Waals surface area (Å²) in [5.74, 6) is 0.804. The first-order valence-electron chi connectivity index (χ1n) is 9.76. The number of nitrogens with zero attached hydrogens (tertiary/aromatic N) is 2. The molecule has 0 spiro atoms. The van der Waals surface area contributed by atoms with Gasteiger partial charge in [-0.05, 0) is 55.0 Å². The van der Waals surface area contributed by atoms with Gasteiger partial charge in [-0.3, -0.25) is 0 Å². The zero-order chi connectivity index (χ0) is 20.4. The van der Waals surface area contributed by atoms with Gasteiger partial charge in [0.1, 0.15) is 5.75 Å². The Bertz CT molecular complexity index is 1180. The van der Waals surface area contributed by atoms with Crippen molar-refractivity contribution >= 4 is 44.8 Å². The fourth-order valence-corrected chi connectivity index (χ4v) is 3.99. The second-order valence-corrected chi connectivity index (χ2v) is 7.52. The molecule has 4 rings (SSSR count). The van der Waals surface area contributed by atoms with E-state index in [-0.39, 0.29) is 0 Å². The number of methoxy groups -OCH3 is 1. The minimum atomic E-state index is 0.675. The van der Waals surface area contributed by atoms with Crippen LogP contribution in [0.5, 0.6) is 5.75 Å². The number of nitrogens with one attached hydrogen (secondary N) is 1. The van der Waals surface area contributed by atoms with Crippen LogP contribution >= 0.6 is 12.2 Å². The predicted octanol–water partition coefficient (Wildman–Crippen LogP) is 5.65. The van der Waals surface area contributed by atoms with E-state index in [9.17, 15) is 0 Å². The summed E-state index contributed by atoms with van der Waals surface area (Å²) in [6.45, 7) is 3.88. The first-order chi connectivity index (χ1) is 14.1. The van der Waals surface area contributed by atoms with Crippen molar-refractivity contribution in [3.8, 4) is 5.75 Å². The third kappa shape index (κ3) is 3.78. The first kappa shape index (κ1) is 19.3. The molecule has 0 fully saturated rings. The van der Waals surface area contributed by atoms with Gasteiger partial charge >= 0.3 is 0 Å². The minimum Gasteiger partial charge on any atom is -0.497 e. The molecular weight excluding hydrogens is 378 g/mol. The van der Waals surface area contributed by atoms with E-state index in [2.05, 4.69) is 64.2 Å². The van der Waals surface area contributed by atoms with Crippen molar-refractivity contribution < 1.29 is 4.74 Å². The van der Waals surface area contributed by atoms with Gasteiger partial charge in [0, 0.05) is 53.7 Å². The third-order valence-electron chi connectivity index (χ3n) is 5.24. The van der Waals surface area contributed by atoms with Gasteiger partial charge in [-0.1, -0.05) is 30.3 Å². The molecule has 29 heavy (non-hydrogen) atoms. The summed E-state index contributed by atoms with van der Waals surface area (Å²) in [4.78, 5) is 2.05. The lowest BCUT2D eigenvalue weighted by molar-refractivity contribution is 0.415. The van der Waals surface area contributed by atoms with Gasteiger partial charge in [0.25, 0.3) is 0 Å². The van der Waals surface area contributed by atoms with Crippen LogP contribution < -0.4 is 10.1 Å². The highest BCUT2D eigenvalue weighted by Gasteiger charge is 2.11. The molecule has 4 aromatic rings. The predicted molar refractivity (Wildman–Crippen MR) is 126 cm³/mol. The highest BCUT2D eigenvalue weighted by molar-refractivity contribution is 7.80. The molecule has 0 saturated heterocycles. The summed E-state index contributed by atoms with van der Waals surface area (Å²) in [5.41, 5.74) is 4.71. The fourth-order valence-electron chi connectivity index (χ4n) is 3.81. The molecule has 3 aromatic carbocycles. The van der Waals surface area contributed by atoms with Gasteiger partial charge in [0.15, 0.2) is 5.11 Å². The Morgan fingerprint density at radius 3 is 2.59 bits per heavy atom. The van der Waals surface area contributed by atoms with Crippen LogP contribution in [0.4, 0.5) is 5.69 Å². The molecule has 0 atom stereocenters. The van der Waals surface area contributed by atoms with Crippen molar-refractivity contribution in [3.63, 3.8) is 0 Å². The second kappa shape index (κ2) is 8.13. The van der Waals surface area contributed by atoms with E-state index >= 15 is 0 Å². The van der Waals surface area contributed by atoms with Crippen LogP contribution in [0.25, 0.3) is 21.8 Å². The molecule has 0 saturated carbocycles. The Balaban J connectivity index is 1.57. The molecule has 1 N–H and O–H groups in total. The lowest BCUT2D eigenvalue weighted by Crippen LogP contribution is -2.30. The van der Waals surface area contributed by atoms with Crippen molar-refractivity contribution in [1.29, 1.82) is 0 Å². The number of aryl methyl sites for hydroxylation is 1. The largest absolute Gasteiger partial charge is 0.497 e. The molecule has 5 heteroatoms. The SMILES string of the molecule is CCn1c2ccccc2c2cc(CN(C)C(=S)Nc3cccc(OC)c3)ccc21. The van der Waals surface area contributed by atoms with Gasteiger partial charge in [-0.15, -0.1) is 0 Å². The molecule has 0 aliphatic rings. The quantitative estimate of drug-likeness (QED) is 0.436. The average Bonchev–Trinajstić information content (AvgIpc) is 3.07. The summed E-state index contributed by atoms with van der Waals surface area (Å²) in [6, 6.07) is 23.1. The van der Waals surface area contributed by atoms with Gasteiger partial charge in [0.2, 0.25) is 0 Å². The van der Waals surface area contributed by atoms with E-state index in [1.54, 1.807) is 7.11 Å².